The molecular weight excluding hydrogens is 199 g/mol. The molecule has 72 valence electrons. The van der Waals surface area contributed by atoms with Gasteiger partial charge in [0.15, 0.2) is 6.29 Å². The zero-order valence-corrected chi connectivity index (χ0v) is 8.64. The van der Waals surface area contributed by atoms with E-state index in [2.05, 4.69) is 6.92 Å². The van der Waals surface area contributed by atoms with Gasteiger partial charge in [-0.2, -0.15) is 0 Å². The van der Waals surface area contributed by atoms with Crippen molar-refractivity contribution in [3.05, 3.63) is 0 Å². The van der Waals surface area contributed by atoms with Crippen LogP contribution in [0.15, 0.2) is 0 Å². The van der Waals surface area contributed by atoms with Gasteiger partial charge in [-0.1, -0.05) is 6.92 Å². The Morgan fingerprint density at radius 1 is 1.17 bits per heavy atom. The van der Waals surface area contributed by atoms with E-state index in [0.29, 0.717) is 11.8 Å². The van der Waals surface area contributed by atoms with Gasteiger partial charge < -0.3 is 9.47 Å². The van der Waals surface area contributed by atoms with Gasteiger partial charge in [0.05, 0.1) is 18.1 Å². The lowest BCUT2D eigenvalue weighted by Crippen LogP contribution is -2.39. The number of halogens is 2. The van der Waals surface area contributed by atoms with E-state index in [4.69, 9.17) is 32.7 Å². The third-order valence-electron chi connectivity index (χ3n) is 1.97. The van der Waals surface area contributed by atoms with Gasteiger partial charge in [0.1, 0.15) is 0 Å². The van der Waals surface area contributed by atoms with Gasteiger partial charge in [0.25, 0.3) is 0 Å². The van der Waals surface area contributed by atoms with E-state index in [-0.39, 0.29) is 18.5 Å². The summed E-state index contributed by atoms with van der Waals surface area (Å²) in [5.74, 6) is 0.900. The molecule has 0 amide bonds. The minimum Gasteiger partial charge on any atom is -0.348 e. The van der Waals surface area contributed by atoms with Crippen molar-refractivity contribution in [2.75, 3.05) is 11.8 Å². The molecule has 0 aromatic carbocycles. The SMILES string of the molecule is CCC1CC(CCl)OC(CCl)O1. The van der Waals surface area contributed by atoms with Crippen molar-refractivity contribution in [1.29, 1.82) is 0 Å². The Hall–Kier alpha value is 0.500. The molecule has 4 heteroatoms. The van der Waals surface area contributed by atoms with Crippen molar-refractivity contribution in [3.63, 3.8) is 0 Å². The monoisotopic (exact) mass is 212 g/mol. The fraction of sp³-hybridized carbons (Fsp3) is 1.00. The largest absolute Gasteiger partial charge is 0.348 e. The first-order valence-corrected chi connectivity index (χ1v) is 5.29. The number of hydrogen-bond acceptors (Lipinski definition) is 2. The summed E-state index contributed by atoms with van der Waals surface area (Å²) in [6, 6.07) is 0. The molecule has 0 aromatic heterocycles. The van der Waals surface area contributed by atoms with E-state index in [0.717, 1.165) is 12.8 Å². The smallest absolute Gasteiger partial charge is 0.171 e. The van der Waals surface area contributed by atoms with Crippen LogP contribution in [-0.2, 0) is 9.47 Å². The highest BCUT2D eigenvalue weighted by molar-refractivity contribution is 6.18. The Morgan fingerprint density at radius 2 is 1.83 bits per heavy atom. The summed E-state index contributed by atoms with van der Waals surface area (Å²) >= 11 is 11.3. The van der Waals surface area contributed by atoms with E-state index in [9.17, 15) is 0 Å². The normalized spacial score (nSPS) is 36.8. The van der Waals surface area contributed by atoms with E-state index in [1.54, 1.807) is 0 Å². The summed E-state index contributed by atoms with van der Waals surface area (Å²) < 4.78 is 10.9. The van der Waals surface area contributed by atoms with E-state index in [1.165, 1.54) is 0 Å². The van der Waals surface area contributed by atoms with Crippen LogP contribution in [0.3, 0.4) is 0 Å². The average Bonchev–Trinajstić information content (AvgIpc) is 2.16. The summed E-state index contributed by atoms with van der Waals surface area (Å²) in [5, 5.41) is 0. The molecular formula is C8H14Cl2O2. The van der Waals surface area contributed by atoms with E-state index < -0.39 is 0 Å². The molecule has 0 spiro atoms. The van der Waals surface area contributed by atoms with Crippen LogP contribution in [0, 0.1) is 0 Å². The van der Waals surface area contributed by atoms with Crippen LogP contribution in [0.5, 0.6) is 0 Å². The lowest BCUT2D eigenvalue weighted by atomic mass is 10.1. The van der Waals surface area contributed by atoms with Gasteiger partial charge in [0.2, 0.25) is 0 Å². The maximum absolute atomic E-state index is 5.70. The van der Waals surface area contributed by atoms with Gasteiger partial charge in [-0.05, 0) is 6.42 Å². The predicted molar refractivity (Wildman–Crippen MR) is 49.9 cm³/mol. The van der Waals surface area contributed by atoms with Crippen molar-refractivity contribution in [2.45, 2.75) is 38.3 Å². The Kier molecular flexibility index (Phi) is 4.65. The molecule has 1 heterocycles. The van der Waals surface area contributed by atoms with Gasteiger partial charge in [-0.15, -0.1) is 23.2 Å². The van der Waals surface area contributed by atoms with Crippen LogP contribution in [-0.4, -0.2) is 30.3 Å². The maximum atomic E-state index is 5.70. The maximum Gasteiger partial charge on any atom is 0.171 e. The molecule has 12 heavy (non-hydrogen) atoms. The lowest BCUT2D eigenvalue weighted by molar-refractivity contribution is -0.226. The van der Waals surface area contributed by atoms with E-state index >= 15 is 0 Å². The van der Waals surface area contributed by atoms with Crippen LogP contribution in [0.25, 0.3) is 0 Å². The van der Waals surface area contributed by atoms with Crippen LogP contribution < -0.4 is 0 Å². The fourth-order valence-corrected chi connectivity index (χ4v) is 1.64. The molecule has 2 nitrogen and oxygen atoms in total. The summed E-state index contributed by atoms with van der Waals surface area (Å²) in [6.07, 6.45) is 1.96. The summed E-state index contributed by atoms with van der Waals surface area (Å²) in [7, 11) is 0. The zero-order valence-electron chi connectivity index (χ0n) is 7.13. The fourth-order valence-electron chi connectivity index (χ4n) is 1.30. The Balaban J connectivity index is 2.41. The quantitative estimate of drug-likeness (QED) is 0.670. The second kappa shape index (κ2) is 5.28. The minimum atomic E-state index is -0.269. The summed E-state index contributed by atoms with van der Waals surface area (Å²) in [5.41, 5.74) is 0. The van der Waals surface area contributed by atoms with E-state index in [1.807, 2.05) is 0 Å². The number of alkyl halides is 2. The Morgan fingerprint density at radius 3 is 2.33 bits per heavy atom. The highest BCUT2D eigenvalue weighted by Crippen LogP contribution is 2.21. The Labute approximate surface area is 83.1 Å². The molecule has 1 aliphatic heterocycles. The van der Waals surface area contributed by atoms with Crippen LogP contribution in [0.4, 0.5) is 0 Å². The van der Waals surface area contributed by atoms with Crippen LogP contribution >= 0.6 is 23.2 Å². The van der Waals surface area contributed by atoms with Crippen molar-refractivity contribution in [3.8, 4) is 0 Å². The molecule has 0 aliphatic carbocycles. The van der Waals surface area contributed by atoms with Gasteiger partial charge >= 0.3 is 0 Å². The number of ether oxygens (including phenoxy) is 2. The molecule has 1 aliphatic rings. The highest BCUT2D eigenvalue weighted by Gasteiger charge is 2.27. The lowest BCUT2D eigenvalue weighted by Gasteiger charge is -2.33. The molecule has 1 rings (SSSR count). The molecule has 0 saturated carbocycles. The molecule has 0 radical (unpaired) electrons. The summed E-state index contributed by atoms with van der Waals surface area (Å²) in [6.45, 7) is 2.09. The topological polar surface area (TPSA) is 18.5 Å². The van der Waals surface area contributed by atoms with Crippen molar-refractivity contribution >= 4 is 23.2 Å². The average molecular weight is 213 g/mol. The number of rotatable bonds is 3. The number of hydrogen-bond donors (Lipinski definition) is 0. The third kappa shape index (κ3) is 2.77. The minimum absolute atomic E-state index is 0.106. The van der Waals surface area contributed by atoms with Gasteiger partial charge in [-0.25, -0.2) is 0 Å². The van der Waals surface area contributed by atoms with Crippen LogP contribution in [0.2, 0.25) is 0 Å². The van der Waals surface area contributed by atoms with Crippen LogP contribution in [0.1, 0.15) is 19.8 Å². The second-order valence-corrected chi connectivity index (χ2v) is 3.52. The molecule has 0 N–H and O–H groups in total. The predicted octanol–water partition coefficient (Wildman–Crippen LogP) is 2.37. The summed E-state index contributed by atoms with van der Waals surface area (Å²) in [4.78, 5) is 0. The molecule has 3 unspecified atom stereocenters. The standard InChI is InChI=1S/C8H14Cl2O2/c1-2-6-3-7(4-9)12-8(5-10)11-6/h6-8H,2-5H2,1H3. The van der Waals surface area contributed by atoms with Crippen molar-refractivity contribution < 1.29 is 9.47 Å². The first-order valence-electron chi connectivity index (χ1n) is 4.23. The Bertz CT molecular complexity index is 102. The highest BCUT2D eigenvalue weighted by atomic mass is 35.5. The molecule has 3 atom stereocenters. The molecule has 1 saturated heterocycles. The first kappa shape index (κ1) is 10.6. The third-order valence-corrected chi connectivity index (χ3v) is 2.56. The van der Waals surface area contributed by atoms with Gasteiger partial charge in [-0.3, -0.25) is 0 Å². The second-order valence-electron chi connectivity index (χ2n) is 2.90. The van der Waals surface area contributed by atoms with Crippen molar-refractivity contribution in [1.82, 2.24) is 0 Å². The molecule has 0 aromatic rings. The zero-order chi connectivity index (χ0) is 8.97. The van der Waals surface area contributed by atoms with Gasteiger partial charge in [0, 0.05) is 12.3 Å². The van der Waals surface area contributed by atoms with Crippen molar-refractivity contribution in [2.24, 2.45) is 0 Å². The molecule has 1 fully saturated rings. The molecule has 0 bridgehead atoms. The first-order chi connectivity index (χ1) is 5.80.